The maximum Gasteiger partial charge on any atom is 0.272 e. The van der Waals surface area contributed by atoms with Gasteiger partial charge in [-0.05, 0) is 41.5 Å². The van der Waals surface area contributed by atoms with Crippen LogP contribution in [0.25, 0.3) is 0 Å². The second kappa shape index (κ2) is 9.58. The molecule has 142 valence electrons. The van der Waals surface area contributed by atoms with Gasteiger partial charge in [0.25, 0.3) is 5.91 Å². The van der Waals surface area contributed by atoms with E-state index in [0.29, 0.717) is 28.7 Å². The molecule has 0 fully saturated rings. The first-order chi connectivity index (χ1) is 13.7. The molecule has 1 N–H and O–H groups in total. The van der Waals surface area contributed by atoms with Crippen molar-refractivity contribution in [2.75, 3.05) is 7.11 Å². The minimum Gasteiger partial charge on any atom is -0.493 e. The monoisotopic (exact) mass is 394 g/mol. The van der Waals surface area contributed by atoms with Gasteiger partial charge in [0.2, 0.25) is 0 Å². The summed E-state index contributed by atoms with van der Waals surface area (Å²) < 4.78 is 11.2. The molecular weight excluding hydrogens is 376 g/mol. The number of hydrogen-bond donors (Lipinski definition) is 1. The number of rotatable bonds is 7. The van der Waals surface area contributed by atoms with Crippen LogP contribution < -0.4 is 14.9 Å². The minimum atomic E-state index is -0.379. The molecule has 3 aromatic carbocycles. The van der Waals surface area contributed by atoms with Crippen LogP contribution in [0.2, 0.25) is 5.02 Å². The Morgan fingerprint density at radius 3 is 2.54 bits per heavy atom. The Hall–Kier alpha value is -3.31. The summed E-state index contributed by atoms with van der Waals surface area (Å²) in [7, 11) is 1.59. The molecule has 0 radical (unpaired) electrons. The number of methoxy groups -OCH3 is 1. The van der Waals surface area contributed by atoms with Gasteiger partial charge in [-0.3, -0.25) is 4.79 Å². The summed E-state index contributed by atoms with van der Waals surface area (Å²) >= 11 is 6.01. The highest BCUT2D eigenvalue weighted by Gasteiger charge is 2.08. The molecule has 5 nitrogen and oxygen atoms in total. The molecule has 28 heavy (non-hydrogen) atoms. The lowest BCUT2D eigenvalue weighted by Crippen LogP contribution is -2.17. The smallest absolute Gasteiger partial charge is 0.272 e. The van der Waals surface area contributed by atoms with E-state index in [0.717, 1.165) is 11.1 Å². The van der Waals surface area contributed by atoms with Gasteiger partial charge in [-0.2, -0.15) is 5.10 Å². The van der Waals surface area contributed by atoms with Crippen LogP contribution in [0.4, 0.5) is 0 Å². The van der Waals surface area contributed by atoms with Crippen molar-refractivity contribution in [3.8, 4) is 11.5 Å². The number of hydrogen-bond acceptors (Lipinski definition) is 4. The lowest BCUT2D eigenvalue weighted by molar-refractivity contribution is 0.0955. The number of nitrogens with one attached hydrogen (secondary N) is 1. The predicted molar refractivity (Wildman–Crippen MR) is 110 cm³/mol. The van der Waals surface area contributed by atoms with E-state index in [-0.39, 0.29) is 5.91 Å². The molecule has 0 atom stereocenters. The summed E-state index contributed by atoms with van der Waals surface area (Å²) in [5, 5.41) is 4.37. The number of halogens is 1. The molecule has 0 saturated carbocycles. The molecular formula is C22H19ClN2O3. The van der Waals surface area contributed by atoms with Crippen LogP contribution in [0.5, 0.6) is 11.5 Å². The van der Waals surface area contributed by atoms with Crippen LogP contribution in [0.3, 0.4) is 0 Å². The molecule has 0 unspecified atom stereocenters. The van der Waals surface area contributed by atoms with Gasteiger partial charge in [-0.25, -0.2) is 5.43 Å². The largest absolute Gasteiger partial charge is 0.493 e. The van der Waals surface area contributed by atoms with Crippen molar-refractivity contribution in [1.82, 2.24) is 5.43 Å². The second-order valence-corrected chi connectivity index (χ2v) is 6.27. The SMILES string of the molecule is COc1ccc(/C=N/NC(=O)c2ccccc2Cl)cc1OCc1ccccc1. The van der Waals surface area contributed by atoms with E-state index in [9.17, 15) is 4.79 Å². The van der Waals surface area contributed by atoms with Gasteiger partial charge in [0.1, 0.15) is 6.61 Å². The summed E-state index contributed by atoms with van der Waals surface area (Å²) in [6, 6.07) is 22.0. The van der Waals surface area contributed by atoms with Gasteiger partial charge < -0.3 is 9.47 Å². The van der Waals surface area contributed by atoms with Crippen molar-refractivity contribution in [3.05, 3.63) is 94.5 Å². The average Bonchev–Trinajstić information content (AvgIpc) is 2.73. The molecule has 0 spiro atoms. The quantitative estimate of drug-likeness (QED) is 0.467. The number of carbonyl (C=O) groups excluding carboxylic acids is 1. The van der Waals surface area contributed by atoms with Gasteiger partial charge in [-0.15, -0.1) is 0 Å². The Morgan fingerprint density at radius 1 is 1.04 bits per heavy atom. The molecule has 6 heteroatoms. The molecule has 3 aromatic rings. The van der Waals surface area contributed by atoms with E-state index in [1.807, 2.05) is 36.4 Å². The number of ether oxygens (including phenoxy) is 2. The zero-order chi connectivity index (χ0) is 19.8. The molecule has 0 saturated heterocycles. The first kappa shape index (κ1) is 19.5. The maximum atomic E-state index is 12.1. The Balaban J connectivity index is 1.67. The topological polar surface area (TPSA) is 59.9 Å². The maximum absolute atomic E-state index is 12.1. The first-order valence-electron chi connectivity index (χ1n) is 8.60. The van der Waals surface area contributed by atoms with E-state index in [1.54, 1.807) is 43.5 Å². The molecule has 0 aliphatic carbocycles. The summed E-state index contributed by atoms with van der Waals surface area (Å²) in [6.45, 7) is 0.418. The van der Waals surface area contributed by atoms with Gasteiger partial charge in [0, 0.05) is 0 Å². The zero-order valence-electron chi connectivity index (χ0n) is 15.3. The molecule has 0 aliphatic heterocycles. The van der Waals surface area contributed by atoms with Crippen molar-refractivity contribution in [2.24, 2.45) is 5.10 Å². The van der Waals surface area contributed by atoms with Gasteiger partial charge >= 0.3 is 0 Å². The van der Waals surface area contributed by atoms with Crippen LogP contribution in [0.15, 0.2) is 77.9 Å². The second-order valence-electron chi connectivity index (χ2n) is 5.86. The molecule has 0 bridgehead atoms. The lowest BCUT2D eigenvalue weighted by atomic mass is 10.2. The van der Waals surface area contributed by atoms with Gasteiger partial charge in [-0.1, -0.05) is 54.1 Å². The Bertz CT molecular complexity index is 975. The van der Waals surface area contributed by atoms with Crippen LogP contribution in [0, 0.1) is 0 Å². The van der Waals surface area contributed by atoms with Crippen LogP contribution in [-0.2, 0) is 6.61 Å². The van der Waals surface area contributed by atoms with E-state index in [4.69, 9.17) is 21.1 Å². The third-order valence-corrected chi connectivity index (χ3v) is 4.25. The van der Waals surface area contributed by atoms with Crippen molar-refractivity contribution >= 4 is 23.7 Å². The summed E-state index contributed by atoms with van der Waals surface area (Å²) in [6.07, 6.45) is 1.53. The normalized spacial score (nSPS) is 10.6. The highest BCUT2D eigenvalue weighted by Crippen LogP contribution is 2.28. The molecule has 0 aliphatic rings. The first-order valence-corrected chi connectivity index (χ1v) is 8.98. The van der Waals surface area contributed by atoms with E-state index in [2.05, 4.69) is 10.5 Å². The summed E-state index contributed by atoms with van der Waals surface area (Å²) in [5.41, 5.74) is 4.64. The fourth-order valence-corrected chi connectivity index (χ4v) is 2.71. The van der Waals surface area contributed by atoms with Crippen molar-refractivity contribution in [2.45, 2.75) is 6.61 Å². The highest BCUT2D eigenvalue weighted by molar-refractivity contribution is 6.33. The predicted octanol–water partition coefficient (Wildman–Crippen LogP) is 4.69. The molecule has 0 aromatic heterocycles. The number of benzene rings is 3. The fraction of sp³-hybridized carbons (Fsp3) is 0.0909. The van der Waals surface area contributed by atoms with E-state index >= 15 is 0 Å². The van der Waals surface area contributed by atoms with Crippen molar-refractivity contribution in [3.63, 3.8) is 0 Å². The average molecular weight is 395 g/mol. The van der Waals surface area contributed by atoms with E-state index < -0.39 is 0 Å². The summed E-state index contributed by atoms with van der Waals surface area (Å²) in [4.78, 5) is 12.1. The third kappa shape index (κ3) is 5.11. The van der Waals surface area contributed by atoms with Crippen LogP contribution >= 0.6 is 11.6 Å². The molecule has 1 amide bonds. The standard InChI is InChI=1S/C22H19ClN2O3/c1-27-20-12-11-17(13-21(20)28-15-16-7-3-2-4-8-16)14-24-25-22(26)18-9-5-6-10-19(18)23/h2-14H,15H2,1H3,(H,25,26)/b24-14+. The Labute approximate surface area is 168 Å². The third-order valence-electron chi connectivity index (χ3n) is 3.92. The van der Waals surface area contributed by atoms with Crippen molar-refractivity contribution < 1.29 is 14.3 Å². The van der Waals surface area contributed by atoms with E-state index in [1.165, 1.54) is 6.21 Å². The summed E-state index contributed by atoms with van der Waals surface area (Å²) in [5.74, 6) is 0.830. The zero-order valence-corrected chi connectivity index (χ0v) is 16.0. The number of amides is 1. The van der Waals surface area contributed by atoms with Crippen LogP contribution in [-0.4, -0.2) is 19.2 Å². The minimum absolute atomic E-state index is 0.364. The van der Waals surface area contributed by atoms with Gasteiger partial charge in [0.05, 0.1) is 23.9 Å². The van der Waals surface area contributed by atoms with Crippen LogP contribution in [0.1, 0.15) is 21.5 Å². The Morgan fingerprint density at radius 2 is 1.79 bits per heavy atom. The number of hydrazone groups is 1. The van der Waals surface area contributed by atoms with Crippen molar-refractivity contribution in [1.29, 1.82) is 0 Å². The lowest BCUT2D eigenvalue weighted by Gasteiger charge is -2.11. The fourth-order valence-electron chi connectivity index (χ4n) is 2.49. The Kier molecular flexibility index (Phi) is 6.65. The number of carbonyl (C=O) groups is 1. The van der Waals surface area contributed by atoms with Gasteiger partial charge in [0.15, 0.2) is 11.5 Å². The molecule has 0 heterocycles. The number of nitrogens with zero attached hydrogens (tertiary/aromatic N) is 1. The molecule has 3 rings (SSSR count). The highest BCUT2D eigenvalue weighted by atomic mass is 35.5.